The summed E-state index contributed by atoms with van der Waals surface area (Å²) in [4.78, 5) is 23.8. The number of sulfonamides is 1. The molecule has 3 N–H and O–H groups in total. The predicted molar refractivity (Wildman–Crippen MR) is 92.5 cm³/mol. The molecule has 0 saturated carbocycles. The van der Waals surface area contributed by atoms with Crippen LogP contribution in [0, 0.1) is 0 Å². The molecule has 25 heavy (non-hydrogen) atoms. The lowest BCUT2D eigenvalue weighted by Crippen LogP contribution is -2.49. The van der Waals surface area contributed by atoms with Crippen molar-refractivity contribution in [1.82, 2.24) is 14.9 Å². The zero-order valence-electron chi connectivity index (χ0n) is 13.8. The molecule has 9 heteroatoms. The number of carbonyl (C=O) groups excluding carboxylic acids is 2. The highest BCUT2D eigenvalue weighted by molar-refractivity contribution is 7.89. The van der Waals surface area contributed by atoms with Crippen LogP contribution in [0.5, 0.6) is 0 Å². The van der Waals surface area contributed by atoms with Gasteiger partial charge < -0.3 is 16.0 Å². The predicted octanol–water partition coefficient (Wildman–Crippen LogP) is -0.112. The van der Waals surface area contributed by atoms with Crippen LogP contribution in [0.2, 0.25) is 0 Å². The number of carbonyl (C=O) groups is 2. The molecule has 0 aliphatic carbocycles. The molecule has 2 fully saturated rings. The first-order chi connectivity index (χ1) is 12.0. The molecular formula is C16H22N4O4S. The van der Waals surface area contributed by atoms with Crippen molar-refractivity contribution in [3.63, 3.8) is 0 Å². The average Bonchev–Trinajstić information content (AvgIpc) is 2.62. The Labute approximate surface area is 147 Å². The van der Waals surface area contributed by atoms with Crippen LogP contribution in [0.15, 0.2) is 29.2 Å². The molecule has 2 heterocycles. The van der Waals surface area contributed by atoms with E-state index < -0.39 is 10.0 Å². The quantitative estimate of drug-likeness (QED) is 0.689. The Kier molecular flexibility index (Phi) is 5.36. The minimum Gasteiger partial charge on any atom is -0.354 e. The van der Waals surface area contributed by atoms with Crippen molar-refractivity contribution in [2.45, 2.75) is 30.2 Å². The van der Waals surface area contributed by atoms with E-state index in [1.54, 1.807) is 12.1 Å². The molecule has 2 amide bonds. The molecule has 1 unspecified atom stereocenters. The Morgan fingerprint density at radius 3 is 2.80 bits per heavy atom. The van der Waals surface area contributed by atoms with Gasteiger partial charge in [0, 0.05) is 18.8 Å². The van der Waals surface area contributed by atoms with Gasteiger partial charge in [0.25, 0.3) is 0 Å². The van der Waals surface area contributed by atoms with Crippen molar-refractivity contribution >= 4 is 27.5 Å². The molecule has 0 radical (unpaired) electrons. The molecule has 3 rings (SSSR count). The second kappa shape index (κ2) is 7.51. The number of nitrogens with one attached hydrogen (secondary N) is 3. The van der Waals surface area contributed by atoms with Crippen LogP contribution >= 0.6 is 0 Å². The Hall–Kier alpha value is -1.97. The molecule has 136 valence electrons. The number of benzene rings is 1. The monoisotopic (exact) mass is 366 g/mol. The summed E-state index contributed by atoms with van der Waals surface area (Å²) in [5, 5.41) is 8.53. The molecule has 1 aromatic carbocycles. The molecule has 2 aliphatic heterocycles. The number of amides is 2. The standard InChI is InChI=1S/C16H22N4O4S/c21-15-11-20(9-8-18-15)25(23,24)13-5-3-4-12(10-13)19-16(22)14-6-1-2-7-17-14/h3-5,10,14,17H,1-2,6-9,11H2,(H,18,21)(H,19,22). The second-order valence-electron chi connectivity index (χ2n) is 6.21. The summed E-state index contributed by atoms with van der Waals surface area (Å²) in [6.45, 7) is 1.15. The van der Waals surface area contributed by atoms with Crippen molar-refractivity contribution in [3.8, 4) is 0 Å². The van der Waals surface area contributed by atoms with Crippen LogP contribution in [0.1, 0.15) is 19.3 Å². The summed E-state index contributed by atoms with van der Waals surface area (Å²) in [5.41, 5.74) is 0.430. The first kappa shape index (κ1) is 17.8. The second-order valence-corrected chi connectivity index (χ2v) is 8.15. The molecule has 0 spiro atoms. The summed E-state index contributed by atoms with van der Waals surface area (Å²) >= 11 is 0. The molecule has 1 aromatic rings. The van der Waals surface area contributed by atoms with Gasteiger partial charge in [0.05, 0.1) is 17.5 Å². The third kappa shape index (κ3) is 4.17. The zero-order valence-corrected chi connectivity index (χ0v) is 14.6. The van der Waals surface area contributed by atoms with Gasteiger partial charge in [-0.1, -0.05) is 12.5 Å². The third-order valence-electron chi connectivity index (χ3n) is 4.37. The number of rotatable bonds is 4. The number of piperidine rings is 1. The van der Waals surface area contributed by atoms with Crippen LogP contribution in [-0.4, -0.2) is 56.8 Å². The van der Waals surface area contributed by atoms with Crippen molar-refractivity contribution in [2.24, 2.45) is 0 Å². The van der Waals surface area contributed by atoms with E-state index in [4.69, 9.17) is 0 Å². The highest BCUT2D eigenvalue weighted by Crippen LogP contribution is 2.21. The van der Waals surface area contributed by atoms with E-state index in [9.17, 15) is 18.0 Å². The maximum absolute atomic E-state index is 12.7. The van der Waals surface area contributed by atoms with Gasteiger partial charge in [-0.25, -0.2) is 8.42 Å². The van der Waals surface area contributed by atoms with E-state index >= 15 is 0 Å². The van der Waals surface area contributed by atoms with Crippen LogP contribution in [0.25, 0.3) is 0 Å². The normalized spacial score (nSPS) is 22.2. The minimum absolute atomic E-state index is 0.0663. The number of piperazine rings is 1. The molecule has 2 aliphatic rings. The fourth-order valence-corrected chi connectivity index (χ4v) is 4.45. The summed E-state index contributed by atoms with van der Waals surface area (Å²) in [6.07, 6.45) is 2.82. The van der Waals surface area contributed by atoms with E-state index in [-0.39, 0.29) is 35.8 Å². The third-order valence-corrected chi connectivity index (χ3v) is 6.21. The SMILES string of the molecule is O=C1CN(S(=O)(=O)c2cccc(NC(=O)C3CCCCN3)c2)CCN1. The molecule has 0 aromatic heterocycles. The van der Waals surface area contributed by atoms with Gasteiger partial charge in [-0.2, -0.15) is 4.31 Å². The summed E-state index contributed by atoms with van der Waals surface area (Å²) in [6, 6.07) is 5.89. The number of hydrogen-bond donors (Lipinski definition) is 3. The van der Waals surface area contributed by atoms with Gasteiger partial charge in [0.15, 0.2) is 0 Å². The molecule has 0 bridgehead atoms. The first-order valence-corrected chi connectivity index (χ1v) is 9.82. The van der Waals surface area contributed by atoms with Crippen molar-refractivity contribution in [2.75, 3.05) is 31.5 Å². The smallest absolute Gasteiger partial charge is 0.243 e. The minimum atomic E-state index is -3.77. The largest absolute Gasteiger partial charge is 0.354 e. The van der Waals surface area contributed by atoms with Crippen LogP contribution in [-0.2, 0) is 19.6 Å². The van der Waals surface area contributed by atoms with E-state index in [0.717, 1.165) is 30.1 Å². The lowest BCUT2D eigenvalue weighted by Gasteiger charge is -2.26. The highest BCUT2D eigenvalue weighted by atomic mass is 32.2. The summed E-state index contributed by atoms with van der Waals surface area (Å²) in [7, 11) is -3.77. The molecule has 8 nitrogen and oxygen atoms in total. The lowest BCUT2D eigenvalue weighted by atomic mass is 10.0. The van der Waals surface area contributed by atoms with Crippen LogP contribution < -0.4 is 16.0 Å². The Morgan fingerprint density at radius 2 is 2.08 bits per heavy atom. The van der Waals surface area contributed by atoms with E-state index in [0.29, 0.717) is 12.2 Å². The average molecular weight is 366 g/mol. The Bertz CT molecular complexity index is 759. The van der Waals surface area contributed by atoms with Crippen molar-refractivity contribution < 1.29 is 18.0 Å². The Balaban J connectivity index is 1.74. The molecular weight excluding hydrogens is 344 g/mol. The van der Waals surface area contributed by atoms with Gasteiger partial charge in [-0.3, -0.25) is 9.59 Å². The molecule has 1 atom stereocenters. The van der Waals surface area contributed by atoms with Gasteiger partial charge >= 0.3 is 0 Å². The van der Waals surface area contributed by atoms with E-state index in [2.05, 4.69) is 16.0 Å². The van der Waals surface area contributed by atoms with Gasteiger partial charge in [-0.05, 0) is 37.6 Å². The first-order valence-electron chi connectivity index (χ1n) is 8.38. The number of hydrogen-bond acceptors (Lipinski definition) is 5. The summed E-state index contributed by atoms with van der Waals surface area (Å²) < 4.78 is 26.5. The van der Waals surface area contributed by atoms with Gasteiger partial charge in [0.1, 0.15) is 0 Å². The maximum Gasteiger partial charge on any atom is 0.243 e. The number of anilines is 1. The molecule has 2 saturated heterocycles. The summed E-state index contributed by atoms with van der Waals surface area (Å²) in [5.74, 6) is -0.478. The van der Waals surface area contributed by atoms with Crippen molar-refractivity contribution in [1.29, 1.82) is 0 Å². The highest BCUT2D eigenvalue weighted by Gasteiger charge is 2.29. The van der Waals surface area contributed by atoms with Crippen LogP contribution in [0.4, 0.5) is 5.69 Å². The van der Waals surface area contributed by atoms with Gasteiger partial charge in [-0.15, -0.1) is 0 Å². The van der Waals surface area contributed by atoms with Crippen molar-refractivity contribution in [3.05, 3.63) is 24.3 Å². The van der Waals surface area contributed by atoms with Crippen LogP contribution in [0.3, 0.4) is 0 Å². The Morgan fingerprint density at radius 1 is 1.24 bits per heavy atom. The fourth-order valence-electron chi connectivity index (χ4n) is 3.01. The maximum atomic E-state index is 12.7. The topological polar surface area (TPSA) is 108 Å². The van der Waals surface area contributed by atoms with Gasteiger partial charge in [0.2, 0.25) is 21.8 Å². The lowest BCUT2D eigenvalue weighted by molar-refractivity contribution is -0.122. The zero-order chi connectivity index (χ0) is 17.9. The van der Waals surface area contributed by atoms with E-state index in [1.165, 1.54) is 12.1 Å². The fraction of sp³-hybridized carbons (Fsp3) is 0.500. The van der Waals surface area contributed by atoms with E-state index in [1.807, 2.05) is 0 Å². The number of nitrogens with zero attached hydrogens (tertiary/aromatic N) is 1.